The van der Waals surface area contributed by atoms with Gasteiger partial charge in [-0.05, 0) is 30.3 Å². The number of pyridine rings is 2. The number of ether oxygens (including phenoxy) is 1. The molecule has 0 bridgehead atoms. The lowest BCUT2D eigenvalue weighted by molar-refractivity contribution is -0.384. The van der Waals surface area contributed by atoms with Crippen LogP contribution in [0.3, 0.4) is 0 Å². The molecule has 9 nitrogen and oxygen atoms in total. The number of anilines is 2. The van der Waals surface area contributed by atoms with Crippen LogP contribution in [0.5, 0.6) is 5.75 Å². The summed E-state index contributed by atoms with van der Waals surface area (Å²) in [4.78, 5) is 33.3. The Balaban J connectivity index is 1.60. The average molecular weight is 445 g/mol. The van der Waals surface area contributed by atoms with E-state index in [0.29, 0.717) is 59.4 Å². The van der Waals surface area contributed by atoms with Crippen molar-refractivity contribution in [1.29, 1.82) is 0 Å². The van der Waals surface area contributed by atoms with Crippen LogP contribution in [0.2, 0.25) is 0 Å². The number of nitro benzene ring substituents is 1. The molecule has 3 heterocycles. The first-order chi connectivity index (χ1) is 16.0. The zero-order chi connectivity index (χ0) is 23.1. The van der Waals surface area contributed by atoms with Crippen LogP contribution in [0.4, 0.5) is 17.2 Å². The van der Waals surface area contributed by atoms with E-state index in [9.17, 15) is 14.9 Å². The summed E-state index contributed by atoms with van der Waals surface area (Å²) >= 11 is 0. The summed E-state index contributed by atoms with van der Waals surface area (Å²) in [5.74, 6) is 1.54. The number of methoxy groups -OCH3 is 1. The van der Waals surface area contributed by atoms with E-state index < -0.39 is 4.92 Å². The van der Waals surface area contributed by atoms with Crippen molar-refractivity contribution in [2.75, 3.05) is 43.1 Å². The van der Waals surface area contributed by atoms with Gasteiger partial charge in [-0.25, -0.2) is 4.98 Å². The van der Waals surface area contributed by atoms with Crippen molar-refractivity contribution >= 4 is 39.0 Å². The Kier molecular flexibility index (Phi) is 5.08. The number of aromatic nitrogens is 2. The molecule has 0 saturated carbocycles. The number of rotatable bonds is 4. The molecule has 9 heteroatoms. The Bertz CT molecular complexity index is 1430. The highest BCUT2D eigenvalue weighted by molar-refractivity contribution is 5.97. The fourth-order valence-electron chi connectivity index (χ4n) is 4.52. The molecule has 0 N–H and O–H groups in total. The molecular formula is C24H23N5O4. The summed E-state index contributed by atoms with van der Waals surface area (Å²) in [7, 11) is 3.44. The monoisotopic (exact) mass is 445 g/mol. The highest BCUT2D eigenvalue weighted by atomic mass is 16.6. The second kappa shape index (κ2) is 8.09. The Morgan fingerprint density at radius 2 is 1.70 bits per heavy atom. The molecular weight excluding hydrogens is 422 g/mol. The summed E-state index contributed by atoms with van der Waals surface area (Å²) in [6.07, 6.45) is 1.76. The van der Waals surface area contributed by atoms with Crippen molar-refractivity contribution in [3.63, 3.8) is 0 Å². The van der Waals surface area contributed by atoms with Crippen LogP contribution >= 0.6 is 0 Å². The minimum atomic E-state index is -0.405. The summed E-state index contributed by atoms with van der Waals surface area (Å²) in [5, 5.41) is 12.8. The van der Waals surface area contributed by atoms with Crippen molar-refractivity contribution in [3.05, 3.63) is 75.1 Å². The van der Waals surface area contributed by atoms with Gasteiger partial charge in [-0.1, -0.05) is 6.07 Å². The van der Waals surface area contributed by atoms with Gasteiger partial charge >= 0.3 is 0 Å². The molecule has 1 aliphatic rings. The minimum absolute atomic E-state index is 0.0567. The zero-order valence-electron chi connectivity index (χ0n) is 18.4. The van der Waals surface area contributed by atoms with Crippen molar-refractivity contribution in [3.8, 4) is 5.75 Å². The number of hydrogen-bond acceptors (Lipinski definition) is 7. The van der Waals surface area contributed by atoms with Crippen molar-refractivity contribution in [2.45, 2.75) is 0 Å². The molecule has 1 fully saturated rings. The molecule has 0 amide bonds. The molecule has 0 radical (unpaired) electrons. The second-order valence-electron chi connectivity index (χ2n) is 8.05. The molecule has 33 heavy (non-hydrogen) atoms. The zero-order valence-corrected chi connectivity index (χ0v) is 18.4. The maximum Gasteiger partial charge on any atom is 0.293 e. The lowest BCUT2D eigenvalue weighted by Gasteiger charge is -2.36. The van der Waals surface area contributed by atoms with E-state index in [1.807, 2.05) is 40.8 Å². The number of benzene rings is 2. The number of nitrogens with zero attached hydrogens (tertiary/aromatic N) is 5. The van der Waals surface area contributed by atoms with Crippen molar-refractivity contribution < 1.29 is 9.66 Å². The summed E-state index contributed by atoms with van der Waals surface area (Å²) in [6.45, 7) is 2.61. The fraction of sp³-hybridized carbons (Fsp3) is 0.250. The summed E-state index contributed by atoms with van der Waals surface area (Å²) in [6, 6.07) is 14.2. The minimum Gasteiger partial charge on any atom is -0.497 e. The molecule has 168 valence electrons. The van der Waals surface area contributed by atoms with Crippen LogP contribution in [0, 0.1) is 10.1 Å². The van der Waals surface area contributed by atoms with Crippen LogP contribution in [0.25, 0.3) is 21.8 Å². The Morgan fingerprint density at radius 1 is 0.970 bits per heavy atom. The molecule has 1 saturated heterocycles. The van der Waals surface area contributed by atoms with Crippen LogP contribution in [-0.4, -0.2) is 47.8 Å². The lowest BCUT2D eigenvalue weighted by atomic mass is 10.1. The maximum absolute atomic E-state index is 13.2. The van der Waals surface area contributed by atoms with Gasteiger partial charge in [0.25, 0.3) is 5.69 Å². The van der Waals surface area contributed by atoms with E-state index >= 15 is 0 Å². The van der Waals surface area contributed by atoms with E-state index in [1.165, 1.54) is 6.07 Å². The third kappa shape index (κ3) is 3.51. The normalized spacial score (nSPS) is 14.1. The SMILES string of the molecule is COc1ccc2c(=O)c3cc([N+](=O)[O-])c(N4CCN(c5ccccn5)CC4)cc3n(C)c2c1. The Hall–Kier alpha value is -4.14. The predicted octanol–water partition coefficient (Wildman–Crippen LogP) is 3.33. The van der Waals surface area contributed by atoms with Crippen LogP contribution in [0.15, 0.2) is 59.5 Å². The number of nitro groups is 1. The van der Waals surface area contributed by atoms with E-state index in [-0.39, 0.29) is 11.1 Å². The molecule has 0 spiro atoms. The first kappa shape index (κ1) is 20.7. The second-order valence-corrected chi connectivity index (χ2v) is 8.05. The lowest BCUT2D eigenvalue weighted by Crippen LogP contribution is -2.47. The Morgan fingerprint density at radius 3 is 2.36 bits per heavy atom. The number of hydrogen-bond donors (Lipinski definition) is 0. The maximum atomic E-state index is 13.2. The van der Waals surface area contributed by atoms with Gasteiger partial charge in [-0.2, -0.15) is 0 Å². The first-order valence-electron chi connectivity index (χ1n) is 10.7. The van der Waals surface area contributed by atoms with Gasteiger partial charge in [0.1, 0.15) is 17.3 Å². The quantitative estimate of drug-likeness (QED) is 0.270. The van der Waals surface area contributed by atoms with Gasteiger partial charge in [0.05, 0.1) is 28.5 Å². The topological polar surface area (TPSA) is 93.7 Å². The van der Waals surface area contributed by atoms with Gasteiger partial charge < -0.3 is 19.1 Å². The van der Waals surface area contributed by atoms with E-state index in [2.05, 4.69) is 9.88 Å². The third-order valence-electron chi connectivity index (χ3n) is 6.30. The highest BCUT2D eigenvalue weighted by Gasteiger charge is 2.26. The van der Waals surface area contributed by atoms with Gasteiger partial charge in [-0.3, -0.25) is 14.9 Å². The van der Waals surface area contributed by atoms with Crippen molar-refractivity contribution in [1.82, 2.24) is 9.55 Å². The van der Waals surface area contributed by atoms with Crippen LogP contribution in [-0.2, 0) is 7.05 Å². The highest BCUT2D eigenvalue weighted by Crippen LogP contribution is 2.34. The van der Waals surface area contributed by atoms with E-state index in [1.54, 1.807) is 31.5 Å². The van der Waals surface area contributed by atoms with Gasteiger partial charge in [0.2, 0.25) is 0 Å². The van der Waals surface area contributed by atoms with Gasteiger partial charge in [-0.15, -0.1) is 0 Å². The molecule has 0 aliphatic carbocycles. The van der Waals surface area contributed by atoms with Crippen LogP contribution in [0.1, 0.15) is 0 Å². The van der Waals surface area contributed by atoms with E-state index in [4.69, 9.17) is 4.74 Å². The van der Waals surface area contributed by atoms with Crippen molar-refractivity contribution in [2.24, 2.45) is 7.05 Å². The molecule has 1 aliphatic heterocycles. The standard InChI is InChI=1S/C24H23N5O4/c1-26-19-13-16(33-2)6-7-17(19)24(30)18-14-22(29(31)32)21(15-20(18)26)27-9-11-28(12-10-27)23-5-3-4-8-25-23/h3-8,13-15H,9-12H2,1-2H3. The number of aryl methyl sites for hydroxylation is 1. The summed E-state index contributed by atoms with van der Waals surface area (Å²) in [5.41, 5.74) is 1.60. The first-order valence-corrected chi connectivity index (χ1v) is 10.7. The molecule has 5 rings (SSSR count). The molecule has 0 atom stereocenters. The third-order valence-corrected chi connectivity index (χ3v) is 6.30. The molecule has 4 aromatic rings. The molecule has 2 aromatic carbocycles. The molecule has 2 aromatic heterocycles. The number of piperazine rings is 1. The van der Waals surface area contributed by atoms with Gasteiger partial charge in [0, 0.05) is 56.9 Å². The predicted molar refractivity (Wildman–Crippen MR) is 129 cm³/mol. The fourth-order valence-corrected chi connectivity index (χ4v) is 4.52. The average Bonchev–Trinajstić information content (AvgIpc) is 2.86. The summed E-state index contributed by atoms with van der Waals surface area (Å²) < 4.78 is 7.22. The van der Waals surface area contributed by atoms with Crippen LogP contribution < -0.4 is 20.0 Å². The number of fused-ring (bicyclic) bond motifs is 2. The molecule has 0 unspecified atom stereocenters. The largest absolute Gasteiger partial charge is 0.497 e. The smallest absolute Gasteiger partial charge is 0.293 e. The Labute approximate surface area is 189 Å². The van der Waals surface area contributed by atoms with E-state index in [0.717, 1.165) is 5.82 Å². The van der Waals surface area contributed by atoms with Gasteiger partial charge in [0.15, 0.2) is 5.43 Å².